The van der Waals surface area contributed by atoms with Gasteiger partial charge in [-0.05, 0) is 18.6 Å². The number of hydrogen-bond donors (Lipinski definition) is 0. The molecule has 3 aromatic rings. The fourth-order valence-corrected chi connectivity index (χ4v) is 4.29. The highest BCUT2D eigenvalue weighted by atomic mass is 19.4. The van der Waals surface area contributed by atoms with E-state index in [1.54, 1.807) is 43.0 Å². The molecular formula is C25H22F5N5O. The summed E-state index contributed by atoms with van der Waals surface area (Å²) < 4.78 is 67.7. The molecule has 1 aliphatic rings. The van der Waals surface area contributed by atoms with Crippen LogP contribution >= 0.6 is 0 Å². The molecule has 0 spiro atoms. The van der Waals surface area contributed by atoms with Crippen LogP contribution in [0, 0.1) is 28.9 Å². The molecule has 0 bridgehead atoms. The molecule has 1 amide bonds. The number of carbonyl (C=O) groups excluding carboxylic acids is 1. The van der Waals surface area contributed by atoms with Crippen LogP contribution in [-0.2, 0) is 4.79 Å². The number of fused-ring (bicyclic) bond motifs is 1. The molecule has 1 aromatic heterocycles. The van der Waals surface area contributed by atoms with Crippen molar-refractivity contribution in [3.05, 3.63) is 53.6 Å². The normalized spacial score (nSPS) is 16.0. The van der Waals surface area contributed by atoms with Crippen LogP contribution in [0.2, 0.25) is 0 Å². The molecule has 11 heteroatoms. The van der Waals surface area contributed by atoms with Gasteiger partial charge in [-0.1, -0.05) is 26.0 Å². The summed E-state index contributed by atoms with van der Waals surface area (Å²) in [4.78, 5) is 24.1. The van der Waals surface area contributed by atoms with Crippen molar-refractivity contribution < 1.29 is 26.7 Å². The van der Waals surface area contributed by atoms with Crippen LogP contribution in [0.5, 0.6) is 0 Å². The van der Waals surface area contributed by atoms with Crippen molar-refractivity contribution in [3.8, 4) is 17.3 Å². The quantitative estimate of drug-likeness (QED) is 0.455. The third-order valence-corrected chi connectivity index (χ3v) is 5.98. The van der Waals surface area contributed by atoms with E-state index < -0.39 is 42.2 Å². The van der Waals surface area contributed by atoms with E-state index in [2.05, 4.69) is 9.97 Å². The van der Waals surface area contributed by atoms with Gasteiger partial charge in [0.1, 0.15) is 12.2 Å². The largest absolute Gasteiger partial charge is 0.406 e. The standard InChI is InChI=1S/C25H22F5N5O/c1-14(2)24(36)35(13-25(28,29)30)17-6-7-34(12-17)23-22(16-5-3-4-15(8-16)11-31)32-20-9-18(26)19(27)10-21(20)33-23/h3-5,8-10,14,17H,6-7,12-13H2,1-2H3/t17-/m0/s1. The molecule has 4 rings (SSSR count). The first-order valence-electron chi connectivity index (χ1n) is 11.3. The lowest BCUT2D eigenvalue weighted by Crippen LogP contribution is -2.48. The predicted octanol–water partition coefficient (Wildman–Crippen LogP) is 5.07. The fourth-order valence-electron chi connectivity index (χ4n) is 4.29. The van der Waals surface area contributed by atoms with Crippen molar-refractivity contribution in [2.45, 2.75) is 32.5 Å². The second-order valence-electron chi connectivity index (χ2n) is 8.97. The summed E-state index contributed by atoms with van der Waals surface area (Å²) in [7, 11) is 0. The SMILES string of the molecule is CC(C)C(=O)N(CC(F)(F)F)[C@H]1CCN(c2nc3cc(F)c(F)cc3nc2-c2cccc(C#N)c2)C1. The molecule has 1 fully saturated rings. The van der Waals surface area contributed by atoms with Gasteiger partial charge in [-0.3, -0.25) is 4.79 Å². The number of nitrogens with zero attached hydrogens (tertiary/aromatic N) is 5. The second-order valence-corrected chi connectivity index (χ2v) is 8.97. The number of hydrogen-bond acceptors (Lipinski definition) is 5. The maximum absolute atomic E-state index is 13.9. The van der Waals surface area contributed by atoms with Crippen molar-refractivity contribution in [3.63, 3.8) is 0 Å². The molecule has 1 saturated heterocycles. The van der Waals surface area contributed by atoms with Gasteiger partial charge in [0.2, 0.25) is 5.91 Å². The first kappa shape index (κ1) is 25.3. The highest BCUT2D eigenvalue weighted by Crippen LogP contribution is 2.34. The van der Waals surface area contributed by atoms with E-state index >= 15 is 0 Å². The number of anilines is 1. The van der Waals surface area contributed by atoms with Crippen molar-refractivity contribution in [1.82, 2.24) is 14.9 Å². The predicted molar refractivity (Wildman–Crippen MR) is 123 cm³/mol. The lowest BCUT2D eigenvalue weighted by atomic mass is 10.1. The molecule has 6 nitrogen and oxygen atoms in total. The van der Waals surface area contributed by atoms with E-state index in [4.69, 9.17) is 0 Å². The minimum atomic E-state index is -4.56. The Morgan fingerprint density at radius 1 is 1.17 bits per heavy atom. The van der Waals surface area contributed by atoms with E-state index in [9.17, 15) is 32.0 Å². The molecule has 0 aliphatic carbocycles. The number of nitriles is 1. The summed E-state index contributed by atoms with van der Waals surface area (Å²) in [6, 6.07) is 9.56. The minimum Gasteiger partial charge on any atom is -0.353 e. The Morgan fingerprint density at radius 3 is 2.44 bits per heavy atom. The fraction of sp³-hybridized carbons (Fsp3) is 0.360. The molecular weight excluding hydrogens is 481 g/mol. The smallest absolute Gasteiger partial charge is 0.353 e. The first-order chi connectivity index (χ1) is 17.0. The topological polar surface area (TPSA) is 73.1 Å². The maximum atomic E-state index is 13.9. The van der Waals surface area contributed by atoms with Crippen LogP contribution in [0.25, 0.3) is 22.3 Å². The lowest BCUT2D eigenvalue weighted by molar-refractivity contribution is -0.167. The van der Waals surface area contributed by atoms with Gasteiger partial charge >= 0.3 is 6.18 Å². The Labute approximate surface area is 204 Å². The number of amides is 1. The molecule has 36 heavy (non-hydrogen) atoms. The van der Waals surface area contributed by atoms with Gasteiger partial charge in [0.05, 0.1) is 28.7 Å². The summed E-state index contributed by atoms with van der Waals surface area (Å²) in [6.45, 7) is 2.03. The molecule has 2 aromatic carbocycles. The third-order valence-electron chi connectivity index (χ3n) is 5.98. The number of aromatic nitrogens is 2. The van der Waals surface area contributed by atoms with Crippen LogP contribution in [0.4, 0.5) is 27.8 Å². The second kappa shape index (κ2) is 9.68. The van der Waals surface area contributed by atoms with Crippen molar-refractivity contribution in [2.24, 2.45) is 5.92 Å². The first-order valence-corrected chi connectivity index (χ1v) is 11.3. The lowest BCUT2D eigenvalue weighted by Gasteiger charge is -2.31. The average molecular weight is 503 g/mol. The van der Waals surface area contributed by atoms with Gasteiger partial charge in [-0.2, -0.15) is 18.4 Å². The molecule has 0 saturated carbocycles. The zero-order chi connectivity index (χ0) is 26.2. The summed E-state index contributed by atoms with van der Waals surface area (Å²) in [6.07, 6.45) is -4.31. The number of alkyl halides is 3. The van der Waals surface area contributed by atoms with Gasteiger partial charge in [-0.15, -0.1) is 0 Å². The molecule has 0 radical (unpaired) electrons. The summed E-state index contributed by atoms with van der Waals surface area (Å²) in [5.41, 5.74) is 1.24. The Balaban J connectivity index is 1.78. The van der Waals surface area contributed by atoms with Gasteiger partial charge < -0.3 is 9.80 Å². The van der Waals surface area contributed by atoms with Crippen LogP contribution in [0.15, 0.2) is 36.4 Å². The number of carbonyl (C=O) groups is 1. The monoisotopic (exact) mass is 503 g/mol. The van der Waals surface area contributed by atoms with Gasteiger partial charge in [0, 0.05) is 36.7 Å². The van der Waals surface area contributed by atoms with E-state index in [1.807, 2.05) is 6.07 Å². The van der Waals surface area contributed by atoms with E-state index in [0.29, 0.717) is 11.1 Å². The molecule has 1 atom stereocenters. The van der Waals surface area contributed by atoms with E-state index in [-0.39, 0.29) is 42.1 Å². The van der Waals surface area contributed by atoms with Crippen molar-refractivity contribution >= 4 is 22.8 Å². The molecule has 0 N–H and O–H groups in total. The van der Waals surface area contributed by atoms with Gasteiger partial charge in [0.25, 0.3) is 0 Å². The highest BCUT2D eigenvalue weighted by molar-refractivity contribution is 5.84. The Hall–Kier alpha value is -3.81. The number of rotatable bonds is 5. The molecule has 0 unspecified atom stereocenters. The summed E-state index contributed by atoms with van der Waals surface area (Å²) in [5, 5.41) is 9.30. The average Bonchev–Trinajstić information content (AvgIpc) is 3.31. The van der Waals surface area contributed by atoms with Crippen molar-refractivity contribution in [1.29, 1.82) is 5.26 Å². The Morgan fingerprint density at radius 2 is 1.83 bits per heavy atom. The highest BCUT2D eigenvalue weighted by Gasteiger charge is 2.40. The zero-order valence-electron chi connectivity index (χ0n) is 19.5. The Kier molecular flexibility index (Phi) is 6.80. The molecule has 2 heterocycles. The maximum Gasteiger partial charge on any atom is 0.406 e. The van der Waals surface area contributed by atoms with Crippen LogP contribution < -0.4 is 4.90 Å². The number of halogens is 5. The molecule has 1 aliphatic heterocycles. The summed E-state index contributed by atoms with van der Waals surface area (Å²) in [5.74, 6) is -3.19. The molecule has 188 valence electrons. The number of benzene rings is 2. The minimum absolute atomic E-state index is 0.0450. The van der Waals surface area contributed by atoms with Crippen LogP contribution in [0.1, 0.15) is 25.8 Å². The van der Waals surface area contributed by atoms with E-state index in [1.165, 1.54) is 0 Å². The zero-order valence-corrected chi connectivity index (χ0v) is 19.5. The van der Waals surface area contributed by atoms with E-state index in [0.717, 1.165) is 17.0 Å². The van der Waals surface area contributed by atoms with Crippen molar-refractivity contribution in [2.75, 3.05) is 24.5 Å². The third kappa shape index (κ3) is 5.22. The van der Waals surface area contributed by atoms with Crippen LogP contribution in [0.3, 0.4) is 0 Å². The van der Waals surface area contributed by atoms with Gasteiger partial charge in [-0.25, -0.2) is 18.7 Å². The van der Waals surface area contributed by atoms with Gasteiger partial charge in [0.15, 0.2) is 17.5 Å². The van der Waals surface area contributed by atoms with Crippen LogP contribution in [-0.4, -0.2) is 52.6 Å². The summed E-state index contributed by atoms with van der Waals surface area (Å²) >= 11 is 0. The Bertz CT molecular complexity index is 1350.